The van der Waals surface area contributed by atoms with Crippen LogP contribution in [0.5, 0.6) is 11.5 Å². The molecule has 0 aliphatic heterocycles. The molecule has 0 heterocycles. The van der Waals surface area contributed by atoms with Crippen molar-refractivity contribution >= 4 is 17.3 Å². The highest BCUT2D eigenvalue weighted by Gasteiger charge is 2.10. The second-order valence-electron chi connectivity index (χ2n) is 6.02. The lowest BCUT2D eigenvalue weighted by atomic mass is 10.2. The summed E-state index contributed by atoms with van der Waals surface area (Å²) in [7, 11) is 1.54. The molecule has 0 saturated carbocycles. The maximum Gasteiger partial charge on any atom is 0.262 e. The number of carbonyl (C=O) groups is 1. The molecule has 0 aromatic heterocycles. The second-order valence-corrected chi connectivity index (χ2v) is 6.02. The molecule has 144 valence electrons. The van der Waals surface area contributed by atoms with Gasteiger partial charge in [-0.2, -0.15) is 0 Å². The van der Waals surface area contributed by atoms with E-state index in [0.29, 0.717) is 18.0 Å². The number of anilines is 2. The molecule has 28 heavy (non-hydrogen) atoms. The number of amides is 1. The van der Waals surface area contributed by atoms with Crippen molar-refractivity contribution in [1.82, 2.24) is 0 Å². The number of hydrogen-bond donors (Lipinski definition) is 2. The van der Waals surface area contributed by atoms with Gasteiger partial charge in [0.05, 0.1) is 12.8 Å². The Kier molecular flexibility index (Phi) is 6.46. The summed E-state index contributed by atoms with van der Waals surface area (Å²) in [6.45, 7) is 0.362. The normalized spacial score (nSPS) is 10.2. The summed E-state index contributed by atoms with van der Waals surface area (Å²) in [5.74, 6) is 0.00590. The molecule has 0 radical (unpaired) electrons. The minimum Gasteiger partial charge on any atom is -0.493 e. The van der Waals surface area contributed by atoms with E-state index in [-0.39, 0.29) is 12.3 Å². The fourth-order valence-corrected chi connectivity index (χ4v) is 2.59. The number of carbonyl (C=O) groups excluding carboxylic acids is 1. The van der Waals surface area contributed by atoms with Crippen molar-refractivity contribution in [3.05, 3.63) is 84.2 Å². The Hall–Kier alpha value is -3.54. The fraction of sp³-hybridized carbons (Fsp3) is 0.136. The largest absolute Gasteiger partial charge is 0.493 e. The summed E-state index contributed by atoms with van der Waals surface area (Å²) in [5.41, 5.74) is 2.14. The standard InChI is InChI=1S/C22H21FN2O3/c1-27-21-13-16(14-24-17-7-3-2-4-8-17)11-12-20(21)28-15-22(26)25-19-10-6-5-9-18(19)23/h2-13,24H,14-15H2,1H3,(H,25,26). The van der Waals surface area contributed by atoms with Crippen molar-refractivity contribution in [2.75, 3.05) is 24.4 Å². The Morgan fingerprint density at radius 1 is 0.964 bits per heavy atom. The summed E-state index contributed by atoms with van der Waals surface area (Å²) >= 11 is 0. The van der Waals surface area contributed by atoms with E-state index in [2.05, 4.69) is 10.6 Å². The molecule has 0 aliphatic rings. The molecule has 0 spiro atoms. The summed E-state index contributed by atoms with van der Waals surface area (Å²) in [5, 5.41) is 5.80. The van der Waals surface area contributed by atoms with Crippen LogP contribution in [0, 0.1) is 5.82 Å². The monoisotopic (exact) mass is 380 g/mol. The molecule has 0 aliphatic carbocycles. The van der Waals surface area contributed by atoms with Gasteiger partial charge in [0.1, 0.15) is 5.82 Å². The lowest BCUT2D eigenvalue weighted by Gasteiger charge is -2.13. The van der Waals surface area contributed by atoms with Gasteiger partial charge < -0.3 is 20.1 Å². The minimum atomic E-state index is -0.497. The van der Waals surface area contributed by atoms with Crippen molar-refractivity contribution in [2.45, 2.75) is 6.54 Å². The fourth-order valence-electron chi connectivity index (χ4n) is 2.59. The molecule has 0 atom stereocenters. The predicted molar refractivity (Wildman–Crippen MR) is 107 cm³/mol. The van der Waals surface area contributed by atoms with Gasteiger partial charge in [0.2, 0.25) is 0 Å². The molecule has 2 N–H and O–H groups in total. The predicted octanol–water partition coefficient (Wildman–Crippen LogP) is 4.46. The van der Waals surface area contributed by atoms with E-state index in [9.17, 15) is 9.18 Å². The summed E-state index contributed by atoms with van der Waals surface area (Å²) < 4.78 is 24.5. The Balaban J connectivity index is 1.57. The van der Waals surface area contributed by atoms with E-state index in [1.165, 1.54) is 19.2 Å². The lowest BCUT2D eigenvalue weighted by molar-refractivity contribution is -0.118. The molecule has 0 unspecified atom stereocenters. The molecule has 0 fully saturated rings. The third kappa shape index (κ3) is 5.23. The first-order chi connectivity index (χ1) is 13.7. The van der Waals surface area contributed by atoms with Crippen LogP contribution in [0.3, 0.4) is 0 Å². The topological polar surface area (TPSA) is 59.6 Å². The first kappa shape index (κ1) is 19.2. The zero-order valence-electron chi connectivity index (χ0n) is 15.4. The van der Waals surface area contributed by atoms with Crippen LogP contribution in [0.2, 0.25) is 0 Å². The third-order valence-corrected chi connectivity index (χ3v) is 4.01. The molecule has 5 nitrogen and oxygen atoms in total. The average Bonchev–Trinajstić information content (AvgIpc) is 2.73. The van der Waals surface area contributed by atoms with Crippen molar-refractivity contribution in [1.29, 1.82) is 0 Å². The summed E-state index contributed by atoms with van der Waals surface area (Å²) in [4.78, 5) is 12.0. The molecular formula is C22H21FN2O3. The molecule has 6 heteroatoms. The van der Waals surface area contributed by atoms with Crippen LogP contribution in [0.4, 0.5) is 15.8 Å². The molecule has 3 aromatic carbocycles. The van der Waals surface area contributed by atoms with Gasteiger partial charge in [-0.3, -0.25) is 4.79 Å². The summed E-state index contributed by atoms with van der Waals surface area (Å²) in [6.07, 6.45) is 0. The van der Waals surface area contributed by atoms with Crippen LogP contribution in [-0.4, -0.2) is 19.6 Å². The number of nitrogens with one attached hydrogen (secondary N) is 2. The van der Waals surface area contributed by atoms with Gasteiger partial charge >= 0.3 is 0 Å². The van der Waals surface area contributed by atoms with Gasteiger partial charge in [0.15, 0.2) is 18.1 Å². The van der Waals surface area contributed by atoms with Crippen molar-refractivity contribution in [2.24, 2.45) is 0 Å². The first-order valence-electron chi connectivity index (χ1n) is 8.79. The first-order valence-corrected chi connectivity index (χ1v) is 8.79. The SMILES string of the molecule is COc1cc(CNc2ccccc2)ccc1OCC(=O)Nc1ccccc1F. The zero-order valence-corrected chi connectivity index (χ0v) is 15.4. The lowest BCUT2D eigenvalue weighted by Crippen LogP contribution is -2.21. The molecular weight excluding hydrogens is 359 g/mol. The van der Waals surface area contributed by atoms with Crippen LogP contribution in [0.1, 0.15) is 5.56 Å². The zero-order chi connectivity index (χ0) is 19.8. The van der Waals surface area contributed by atoms with E-state index in [4.69, 9.17) is 9.47 Å². The average molecular weight is 380 g/mol. The Morgan fingerprint density at radius 2 is 1.71 bits per heavy atom. The highest BCUT2D eigenvalue weighted by molar-refractivity contribution is 5.92. The van der Waals surface area contributed by atoms with Gasteiger partial charge in [-0.25, -0.2) is 4.39 Å². The molecule has 3 aromatic rings. The number of halogens is 1. The van der Waals surface area contributed by atoms with Gasteiger partial charge in [-0.15, -0.1) is 0 Å². The van der Waals surface area contributed by atoms with E-state index in [0.717, 1.165) is 11.3 Å². The van der Waals surface area contributed by atoms with Crippen LogP contribution in [0.25, 0.3) is 0 Å². The molecule has 0 bridgehead atoms. The molecule has 3 rings (SSSR count). The van der Waals surface area contributed by atoms with E-state index >= 15 is 0 Å². The second kappa shape index (κ2) is 9.41. The number of methoxy groups -OCH3 is 1. The van der Waals surface area contributed by atoms with Gasteiger partial charge in [-0.1, -0.05) is 36.4 Å². The van der Waals surface area contributed by atoms with Crippen LogP contribution < -0.4 is 20.1 Å². The number of rotatable bonds is 8. The number of benzene rings is 3. The Bertz CT molecular complexity index is 932. The van der Waals surface area contributed by atoms with Crippen molar-refractivity contribution in [3.8, 4) is 11.5 Å². The Labute approximate surface area is 163 Å². The van der Waals surface area contributed by atoms with Gasteiger partial charge in [0, 0.05) is 12.2 Å². The van der Waals surface area contributed by atoms with Crippen molar-refractivity contribution in [3.63, 3.8) is 0 Å². The highest BCUT2D eigenvalue weighted by Crippen LogP contribution is 2.28. The van der Waals surface area contributed by atoms with Crippen molar-refractivity contribution < 1.29 is 18.7 Å². The van der Waals surface area contributed by atoms with E-state index in [1.807, 2.05) is 42.5 Å². The Morgan fingerprint density at radius 3 is 2.46 bits per heavy atom. The third-order valence-electron chi connectivity index (χ3n) is 4.01. The van der Waals surface area contributed by atoms with E-state index < -0.39 is 11.7 Å². The minimum absolute atomic E-state index is 0.116. The smallest absolute Gasteiger partial charge is 0.262 e. The van der Waals surface area contributed by atoms with Crippen LogP contribution in [-0.2, 0) is 11.3 Å². The maximum atomic E-state index is 13.6. The molecule has 0 saturated heterocycles. The number of para-hydroxylation sites is 2. The molecule has 1 amide bonds. The number of hydrogen-bond acceptors (Lipinski definition) is 4. The number of ether oxygens (including phenoxy) is 2. The highest BCUT2D eigenvalue weighted by atomic mass is 19.1. The van der Waals surface area contributed by atoms with E-state index in [1.54, 1.807) is 18.2 Å². The van der Waals surface area contributed by atoms with Gasteiger partial charge in [0.25, 0.3) is 5.91 Å². The van der Waals surface area contributed by atoms with Gasteiger partial charge in [-0.05, 0) is 42.0 Å². The van der Waals surface area contributed by atoms with Crippen LogP contribution >= 0.6 is 0 Å². The van der Waals surface area contributed by atoms with Crippen LogP contribution in [0.15, 0.2) is 72.8 Å². The quantitative estimate of drug-likeness (QED) is 0.606. The maximum absolute atomic E-state index is 13.6. The summed E-state index contributed by atoms with van der Waals surface area (Å²) in [6, 6.07) is 21.3.